The van der Waals surface area contributed by atoms with Crippen LogP contribution in [0, 0.1) is 11.3 Å². The van der Waals surface area contributed by atoms with Crippen LogP contribution in [0.1, 0.15) is 44.7 Å². The highest BCUT2D eigenvalue weighted by molar-refractivity contribution is 6.74. The summed E-state index contributed by atoms with van der Waals surface area (Å²) in [6.45, 7) is 9.10. The standard InChI is InChI=1S/C20H26F6N2OSi/c1-18(2,3)30(4,5)29-17(20(24,25)26)16-7-6-10-28(16)14-9-8-13(12-27)15(11-14)19(21,22)23/h8-9,11,16-17H,6-7,10H2,1-5H3/t16-,17?/m1/s1. The van der Waals surface area contributed by atoms with Crippen molar-refractivity contribution < 1.29 is 30.8 Å². The first-order valence-corrected chi connectivity index (χ1v) is 12.5. The van der Waals surface area contributed by atoms with Gasteiger partial charge >= 0.3 is 12.4 Å². The molecule has 0 aromatic heterocycles. The van der Waals surface area contributed by atoms with E-state index in [0.717, 1.165) is 12.1 Å². The molecule has 30 heavy (non-hydrogen) atoms. The number of hydrogen-bond acceptors (Lipinski definition) is 3. The number of benzene rings is 1. The van der Waals surface area contributed by atoms with Crippen LogP contribution in [-0.4, -0.2) is 33.2 Å². The van der Waals surface area contributed by atoms with Crippen LogP contribution in [0.2, 0.25) is 18.1 Å². The van der Waals surface area contributed by atoms with Gasteiger partial charge in [-0.25, -0.2) is 0 Å². The molecule has 0 bridgehead atoms. The predicted molar refractivity (Wildman–Crippen MR) is 105 cm³/mol. The van der Waals surface area contributed by atoms with Crippen molar-refractivity contribution in [1.82, 2.24) is 0 Å². The molecule has 1 aromatic carbocycles. The first kappa shape index (κ1) is 24.5. The van der Waals surface area contributed by atoms with E-state index in [9.17, 15) is 26.3 Å². The average Bonchev–Trinajstić information content (AvgIpc) is 3.05. The van der Waals surface area contributed by atoms with Crippen LogP contribution >= 0.6 is 0 Å². The maximum atomic E-state index is 14.0. The summed E-state index contributed by atoms with van der Waals surface area (Å²) in [5.74, 6) is 0. The summed E-state index contributed by atoms with van der Waals surface area (Å²) in [5, 5.41) is 8.50. The van der Waals surface area contributed by atoms with Gasteiger partial charge in [0.25, 0.3) is 0 Å². The Bertz CT molecular complexity index is 807. The first-order valence-electron chi connectivity index (χ1n) is 9.61. The van der Waals surface area contributed by atoms with E-state index in [1.165, 1.54) is 17.0 Å². The second-order valence-electron chi connectivity index (χ2n) is 9.08. The second kappa shape index (κ2) is 8.08. The lowest BCUT2D eigenvalue weighted by atomic mass is 10.0. The number of rotatable bonds is 4. The Morgan fingerprint density at radius 3 is 2.20 bits per heavy atom. The molecule has 0 N–H and O–H groups in total. The molecule has 0 saturated carbocycles. The van der Waals surface area contributed by atoms with E-state index < -0.39 is 49.0 Å². The largest absolute Gasteiger partial charge is 0.417 e. The lowest BCUT2D eigenvalue weighted by molar-refractivity contribution is -0.203. The molecular weight excluding hydrogens is 426 g/mol. The number of anilines is 1. The minimum atomic E-state index is -4.78. The second-order valence-corrected chi connectivity index (χ2v) is 13.8. The topological polar surface area (TPSA) is 36.3 Å². The van der Waals surface area contributed by atoms with E-state index in [0.29, 0.717) is 6.42 Å². The van der Waals surface area contributed by atoms with Crippen molar-refractivity contribution in [2.75, 3.05) is 11.4 Å². The van der Waals surface area contributed by atoms with Gasteiger partial charge in [0.15, 0.2) is 14.4 Å². The van der Waals surface area contributed by atoms with Crippen LogP contribution in [0.4, 0.5) is 32.0 Å². The van der Waals surface area contributed by atoms with Gasteiger partial charge in [0.2, 0.25) is 0 Å². The zero-order chi connectivity index (χ0) is 23.1. The summed E-state index contributed by atoms with van der Waals surface area (Å²) >= 11 is 0. The molecule has 1 fully saturated rings. The molecule has 1 unspecified atom stereocenters. The fourth-order valence-electron chi connectivity index (χ4n) is 3.33. The van der Waals surface area contributed by atoms with Crippen molar-refractivity contribution in [2.45, 2.75) is 76.2 Å². The molecule has 0 radical (unpaired) electrons. The predicted octanol–water partition coefficient (Wildman–Crippen LogP) is 6.50. The van der Waals surface area contributed by atoms with Gasteiger partial charge in [0, 0.05) is 12.2 Å². The number of nitriles is 1. The zero-order valence-electron chi connectivity index (χ0n) is 17.6. The molecule has 1 aromatic rings. The van der Waals surface area contributed by atoms with Crippen molar-refractivity contribution in [1.29, 1.82) is 5.26 Å². The summed E-state index contributed by atoms with van der Waals surface area (Å²) in [4.78, 5) is 1.34. The summed E-state index contributed by atoms with van der Waals surface area (Å²) < 4.78 is 87.8. The molecule has 3 nitrogen and oxygen atoms in total. The summed E-state index contributed by atoms with van der Waals surface area (Å²) in [7, 11) is -2.80. The maximum Gasteiger partial charge on any atom is 0.417 e. The van der Waals surface area contributed by atoms with E-state index >= 15 is 0 Å². The van der Waals surface area contributed by atoms with Gasteiger partial charge in [0.1, 0.15) is 0 Å². The molecular formula is C20H26F6N2OSi. The molecule has 1 saturated heterocycles. The fraction of sp³-hybridized carbons (Fsp3) is 0.650. The van der Waals surface area contributed by atoms with Gasteiger partial charge < -0.3 is 9.33 Å². The molecule has 0 aliphatic carbocycles. The van der Waals surface area contributed by atoms with Crippen LogP contribution in [0.25, 0.3) is 0 Å². The SMILES string of the molecule is CC(C)(C)[Si](C)(C)OC([C@H]1CCCN1c1ccc(C#N)c(C(F)(F)F)c1)C(F)(F)F. The van der Waals surface area contributed by atoms with Crippen molar-refractivity contribution in [3.05, 3.63) is 29.3 Å². The molecule has 0 amide bonds. The van der Waals surface area contributed by atoms with Crippen molar-refractivity contribution in [2.24, 2.45) is 0 Å². The summed E-state index contributed by atoms with van der Waals surface area (Å²) in [5.41, 5.74) is -1.70. The van der Waals surface area contributed by atoms with E-state index in [-0.39, 0.29) is 18.7 Å². The molecule has 1 aliphatic rings. The van der Waals surface area contributed by atoms with Crippen LogP contribution in [0.3, 0.4) is 0 Å². The van der Waals surface area contributed by atoms with Gasteiger partial charge in [-0.3, -0.25) is 0 Å². The Balaban J connectivity index is 2.47. The third-order valence-electron chi connectivity index (χ3n) is 5.96. The molecule has 0 spiro atoms. The molecule has 168 valence electrons. The lowest BCUT2D eigenvalue weighted by Crippen LogP contribution is -2.55. The van der Waals surface area contributed by atoms with Gasteiger partial charge in [-0.1, -0.05) is 20.8 Å². The number of alkyl halides is 6. The highest BCUT2D eigenvalue weighted by atomic mass is 28.4. The van der Waals surface area contributed by atoms with Crippen molar-refractivity contribution in [3.8, 4) is 6.07 Å². The van der Waals surface area contributed by atoms with Gasteiger partial charge in [-0.2, -0.15) is 31.6 Å². The Hall–Kier alpha value is -1.73. The van der Waals surface area contributed by atoms with E-state index in [4.69, 9.17) is 9.69 Å². The maximum absolute atomic E-state index is 14.0. The minimum absolute atomic E-state index is 0.0110. The smallest absolute Gasteiger partial charge is 0.404 e. The number of nitrogens with zero attached hydrogens (tertiary/aromatic N) is 2. The Morgan fingerprint density at radius 2 is 1.73 bits per heavy atom. The van der Waals surface area contributed by atoms with Crippen LogP contribution in [0.5, 0.6) is 0 Å². The van der Waals surface area contributed by atoms with E-state index in [2.05, 4.69) is 0 Å². The normalized spacial score (nSPS) is 19.7. The van der Waals surface area contributed by atoms with Gasteiger partial charge in [-0.15, -0.1) is 0 Å². The Kier molecular flexibility index (Phi) is 6.60. The van der Waals surface area contributed by atoms with Crippen molar-refractivity contribution >= 4 is 14.0 Å². The first-order chi connectivity index (χ1) is 13.5. The fourth-order valence-corrected chi connectivity index (χ4v) is 4.61. The molecule has 2 rings (SSSR count). The summed E-state index contributed by atoms with van der Waals surface area (Å²) in [6, 6.07) is 3.39. The Labute approximate surface area is 173 Å². The van der Waals surface area contributed by atoms with E-state index in [1.54, 1.807) is 13.1 Å². The third kappa shape index (κ3) is 5.11. The van der Waals surface area contributed by atoms with E-state index in [1.807, 2.05) is 20.8 Å². The number of hydrogen-bond donors (Lipinski definition) is 0. The zero-order valence-corrected chi connectivity index (χ0v) is 18.6. The average molecular weight is 453 g/mol. The number of halogens is 6. The Morgan fingerprint density at radius 1 is 1.13 bits per heavy atom. The highest BCUT2D eigenvalue weighted by Crippen LogP contribution is 2.43. The lowest BCUT2D eigenvalue weighted by Gasteiger charge is -2.43. The molecule has 1 heterocycles. The quantitative estimate of drug-likeness (QED) is 0.387. The highest BCUT2D eigenvalue weighted by Gasteiger charge is 2.53. The van der Waals surface area contributed by atoms with Crippen LogP contribution in [0.15, 0.2) is 18.2 Å². The monoisotopic (exact) mass is 452 g/mol. The molecule has 10 heteroatoms. The van der Waals surface area contributed by atoms with Crippen molar-refractivity contribution in [3.63, 3.8) is 0 Å². The van der Waals surface area contributed by atoms with Crippen LogP contribution < -0.4 is 4.90 Å². The summed E-state index contributed by atoms with van der Waals surface area (Å²) in [6.07, 6.45) is -11.0. The van der Waals surface area contributed by atoms with Gasteiger partial charge in [-0.05, 0) is 49.2 Å². The van der Waals surface area contributed by atoms with Crippen LogP contribution in [-0.2, 0) is 10.6 Å². The molecule has 1 aliphatic heterocycles. The third-order valence-corrected chi connectivity index (χ3v) is 10.4. The minimum Gasteiger partial charge on any atom is -0.404 e. The molecule has 2 atom stereocenters. The van der Waals surface area contributed by atoms with Gasteiger partial charge in [0.05, 0.1) is 23.2 Å².